The highest BCUT2D eigenvalue weighted by atomic mass is 32.1. The van der Waals surface area contributed by atoms with Crippen LogP contribution in [0, 0.1) is 133 Å². The largest absolute Gasteiger partial charge is 0.461 e. The molecule has 15 rings (SSSR count). The predicted octanol–water partition coefficient (Wildman–Crippen LogP) is 20.9. The Labute approximate surface area is 881 Å². The predicted molar refractivity (Wildman–Crippen MR) is 579 cm³/mol. The molecule has 0 unspecified atom stereocenters. The first-order chi connectivity index (χ1) is 70.6. The zero-order chi connectivity index (χ0) is 111. The average molecular weight is 2150 g/mol. The maximum absolute atomic E-state index is 12.6. The average Bonchev–Trinajstić information content (AvgIpc) is 1.21. The molecule has 0 aliphatic rings. The van der Waals surface area contributed by atoms with Gasteiger partial charge in [-0.15, -0.1) is 0 Å². The third-order valence-electron chi connectivity index (χ3n) is 22.2. The first kappa shape index (κ1) is 116. The summed E-state index contributed by atoms with van der Waals surface area (Å²) in [5.74, 6) is -4.93. The van der Waals surface area contributed by atoms with Gasteiger partial charge in [0.1, 0.15) is 52.3 Å². The van der Waals surface area contributed by atoms with Crippen molar-refractivity contribution in [3.05, 3.63) is 279 Å². The van der Waals surface area contributed by atoms with E-state index in [9.17, 15) is 76.7 Å². The van der Waals surface area contributed by atoms with E-state index >= 15 is 0 Å². The van der Waals surface area contributed by atoms with E-state index in [1.54, 1.807) is 79.0 Å². The zero-order valence-corrected chi connectivity index (χ0v) is 92.1. The van der Waals surface area contributed by atoms with Crippen LogP contribution in [0.3, 0.4) is 0 Å². The number of anilines is 5. The Bertz CT molecular complexity index is 6990. The van der Waals surface area contributed by atoms with Crippen LogP contribution < -0.4 is 53.7 Å². The number of fused-ring (bicyclic) bond motifs is 5. The summed E-state index contributed by atoms with van der Waals surface area (Å²) in [6, 6.07) is 23.4. The number of carbonyl (C=O) groups is 11. The molecule has 15 aromatic rings. The number of rotatable bonds is 26. The van der Waals surface area contributed by atoms with Gasteiger partial charge in [-0.05, 0) is 219 Å². The fourth-order valence-electron chi connectivity index (χ4n) is 13.3. The van der Waals surface area contributed by atoms with Gasteiger partial charge < -0.3 is 50.7 Å². The van der Waals surface area contributed by atoms with Gasteiger partial charge in [0, 0.05) is 44.4 Å². The van der Waals surface area contributed by atoms with Crippen LogP contribution in [0.25, 0.3) is 54.8 Å². The van der Waals surface area contributed by atoms with Gasteiger partial charge in [0.25, 0.3) is 29.5 Å². The van der Waals surface area contributed by atoms with E-state index in [2.05, 4.69) is 51.5 Å². The highest BCUT2D eigenvalue weighted by molar-refractivity contribution is 7.19. The molecule has 0 bridgehead atoms. The molecule has 10 aromatic heterocycles. The second-order valence-electron chi connectivity index (χ2n) is 37.3. The lowest BCUT2D eigenvalue weighted by Gasteiger charge is -2.07. The SMILES string of the molecule is CN(C)C=O.Cc1ccc2c(=O)cc(C(=O)Nc3nc(C)c(C(=O)OCC(C)C)s3)oc2c1C.Cc1ccc2c(=O)cc(C(=O)Nc3nc(C)c(C(=O)OCC(C)C)s3)oc2c1C.Cc1ccc2c(=O)cc(C(=O)Nc3nc(C)c(C(=O)OCC(C)C)s3)oc2c1C.Cc1ccc2c(=O)cc(C(=O)Nc3nc(C)c(C(=O)OCC(C)C)s3)oc2c1C.Cc1ccc2c(=O)cc(C(=O)Nc3nc(C)c(C(=O)OCC(C)C)s3)oc2c1C. The highest BCUT2D eigenvalue weighted by Crippen LogP contribution is 2.34. The first-order valence-corrected chi connectivity index (χ1v) is 51.3. The number of hydrogen-bond donors (Lipinski definition) is 5. The minimum atomic E-state index is -0.610. The second kappa shape index (κ2) is 51.4. The smallest absolute Gasteiger partial charge is 0.350 e. The number of nitrogens with one attached hydrogen (secondary N) is 5. The molecule has 150 heavy (non-hydrogen) atoms. The molecular formula is C108H117N11O26S5. The highest BCUT2D eigenvalue weighted by Gasteiger charge is 2.29. The monoisotopic (exact) mass is 2140 g/mol. The number of aromatic nitrogens is 5. The Morgan fingerprint density at radius 3 is 0.560 bits per heavy atom. The Morgan fingerprint density at radius 1 is 0.280 bits per heavy atom. The molecule has 0 aliphatic heterocycles. The quantitative estimate of drug-likeness (QED) is 0.0191. The fraction of sp³-hybridized carbons (Fsp3) is 0.343. The Balaban J connectivity index is 0.000000189. The standard InChI is InChI=1S/5C21H22N2O5S.C3H7NO/c5*1-10(2)9-27-20(26)18-13(5)22-21(29-18)23-19(25)16-8-15(24)14-7-6-11(3)12(4)17(14)28-16;1-4(2)3-5/h5*6-8,10H,9H2,1-5H3,(H,22,23,25);3H,1-2H3. The minimum absolute atomic E-state index is 0.118. The number of thiazole rings is 5. The molecule has 790 valence electrons. The Morgan fingerprint density at radius 2 is 0.427 bits per heavy atom. The summed E-state index contributed by atoms with van der Waals surface area (Å²) in [4.78, 5) is 219. The Hall–Kier alpha value is -15.5. The van der Waals surface area contributed by atoms with Gasteiger partial charge in [0.05, 0.1) is 88.4 Å². The topological polar surface area (TPSA) is 513 Å². The van der Waals surface area contributed by atoms with Crippen LogP contribution in [-0.4, -0.2) is 143 Å². The van der Waals surface area contributed by atoms with Crippen molar-refractivity contribution in [2.75, 3.05) is 73.7 Å². The molecule has 42 heteroatoms. The summed E-state index contributed by atoms with van der Waals surface area (Å²) >= 11 is 5.09. The molecule has 37 nitrogen and oxygen atoms in total. The van der Waals surface area contributed by atoms with E-state index in [4.69, 9.17) is 45.8 Å². The van der Waals surface area contributed by atoms with Crippen molar-refractivity contribution in [1.29, 1.82) is 0 Å². The molecule has 10 heterocycles. The zero-order valence-electron chi connectivity index (χ0n) is 88.0. The lowest BCUT2D eigenvalue weighted by Crippen LogP contribution is -2.15. The fourth-order valence-corrected chi connectivity index (χ4v) is 17.6. The number of aryl methyl sites for hydroxylation is 15. The van der Waals surface area contributed by atoms with Crippen LogP contribution in [0.5, 0.6) is 0 Å². The van der Waals surface area contributed by atoms with Crippen molar-refractivity contribution in [2.45, 2.75) is 173 Å². The molecule has 5 N–H and O–H groups in total. The van der Waals surface area contributed by atoms with Crippen molar-refractivity contribution >= 4 is 203 Å². The third-order valence-corrected chi connectivity index (χ3v) is 27.4. The lowest BCUT2D eigenvalue weighted by atomic mass is 10.1. The van der Waals surface area contributed by atoms with E-state index in [0.717, 1.165) is 149 Å². The number of esters is 5. The number of amides is 6. The maximum Gasteiger partial charge on any atom is 0.350 e. The molecule has 0 spiro atoms. The van der Waals surface area contributed by atoms with Crippen LogP contribution in [-0.2, 0) is 28.5 Å². The molecule has 5 aromatic carbocycles. The summed E-state index contributed by atoms with van der Waals surface area (Å²) in [7, 11) is 3.38. The van der Waals surface area contributed by atoms with E-state index in [-0.39, 0.29) is 111 Å². The first-order valence-electron chi connectivity index (χ1n) is 47.2. The molecule has 6 amide bonds. The van der Waals surface area contributed by atoms with Gasteiger partial charge in [-0.25, -0.2) is 48.9 Å². The number of hydrogen-bond acceptors (Lipinski definition) is 36. The number of ether oxygens (including phenoxy) is 5. The summed E-state index contributed by atoms with van der Waals surface area (Å²) in [6.45, 7) is 48.0. The number of benzene rings is 5. The molecule has 0 saturated heterocycles. The molecular weight excluding hydrogens is 2030 g/mol. The Kier molecular flexibility index (Phi) is 39.9. The van der Waals surface area contributed by atoms with Crippen molar-refractivity contribution in [1.82, 2.24) is 29.8 Å². The molecule has 0 fully saturated rings. The summed E-state index contributed by atoms with van der Waals surface area (Å²) in [5.41, 5.74) is 11.5. The minimum Gasteiger partial charge on any atom is -0.461 e. The number of carbonyl (C=O) groups excluding carboxylic acids is 11. The second-order valence-corrected chi connectivity index (χ2v) is 42.3. The molecule has 0 radical (unpaired) electrons. The van der Waals surface area contributed by atoms with Crippen molar-refractivity contribution in [3.8, 4) is 0 Å². The van der Waals surface area contributed by atoms with E-state index < -0.39 is 59.4 Å². The molecule has 0 saturated carbocycles. The van der Waals surface area contributed by atoms with Crippen LogP contribution in [0.1, 0.15) is 254 Å². The lowest BCUT2D eigenvalue weighted by molar-refractivity contribution is -0.115. The van der Waals surface area contributed by atoms with Gasteiger partial charge in [0.15, 0.2) is 81.6 Å². The van der Waals surface area contributed by atoms with Crippen LogP contribution in [0.4, 0.5) is 25.7 Å². The van der Waals surface area contributed by atoms with E-state index in [0.29, 0.717) is 141 Å². The normalized spacial score (nSPS) is 11.0. The number of nitrogens with zero attached hydrogens (tertiary/aromatic N) is 6. The van der Waals surface area contributed by atoms with E-state index in [1.165, 1.54) is 4.90 Å². The van der Waals surface area contributed by atoms with Crippen molar-refractivity contribution < 1.29 is 98.5 Å². The van der Waals surface area contributed by atoms with Gasteiger partial charge in [-0.3, -0.25) is 79.3 Å². The van der Waals surface area contributed by atoms with Crippen LogP contribution in [0.2, 0.25) is 0 Å². The van der Waals surface area contributed by atoms with Crippen LogP contribution in [0.15, 0.2) is 137 Å². The summed E-state index contributed by atoms with van der Waals surface area (Å²) < 4.78 is 54.7. The van der Waals surface area contributed by atoms with Gasteiger partial charge >= 0.3 is 29.8 Å². The van der Waals surface area contributed by atoms with Crippen molar-refractivity contribution in [3.63, 3.8) is 0 Å². The third kappa shape index (κ3) is 30.0. The summed E-state index contributed by atoms with van der Waals surface area (Å²) in [6.07, 6.45) is 0.750. The van der Waals surface area contributed by atoms with E-state index in [1.807, 2.05) is 169 Å². The maximum atomic E-state index is 12.6. The summed E-state index contributed by atoms with van der Waals surface area (Å²) in [5, 5.41) is 16.2. The molecule has 0 aliphatic carbocycles. The van der Waals surface area contributed by atoms with Crippen molar-refractivity contribution in [2.24, 2.45) is 29.6 Å². The molecule has 0 atom stereocenters. The van der Waals surface area contributed by atoms with Gasteiger partial charge in [-0.2, -0.15) is 0 Å². The van der Waals surface area contributed by atoms with Crippen LogP contribution >= 0.6 is 56.7 Å². The van der Waals surface area contributed by atoms with Gasteiger partial charge in [0.2, 0.25) is 6.41 Å². The van der Waals surface area contributed by atoms with Gasteiger partial charge in [-0.1, -0.05) is 156 Å².